The summed E-state index contributed by atoms with van der Waals surface area (Å²) < 4.78 is 5.15. The third kappa shape index (κ3) is 2.44. The Morgan fingerprint density at radius 3 is 2.88 bits per heavy atom. The van der Waals surface area contributed by atoms with Gasteiger partial charge in [-0.25, -0.2) is 0 Å². The largest absolute Gasteiger partial charge is 0.334 e. The third-order valence-corrected chi connectivity index (χ3v) is 3.24. The van der Waals surface area contributed by atoms with E-state index in [0.29, 0.717) is 33.9 Å². The highest BCUT2D eigenvalue weighted by molar-refractivity contribution is 6.43. The van der Waals surface area contributed by atoms with Crippen LogP contribution >= 0.6 is 23.2 Å². The molecular weight excluding hydrogens is 261 g/mol. The molecule has 0 radical (unpaired) electrons. The van der Waals surface area contributed by atoms with Crippen LogP contribution in [-0.2, 0) is 0 Å². The Balaban J connectivity index is 2.40. The summed E-state index contributed by atoms with van der Waals surface area (Å²) >= 11 is 12.0. The Kier molecular flexibility index (Phi) is 3.66. The minimum absolute atomic E-state index is 0.0467. The quantitative estimate of drug-likeness (QED) is 0.932. The van der Waals surface area contributed by atoms with Crippen molar-refractivity contribution in [2.45, 2.75) is 12.8 Å². The van der Waals surface area contributed by atoms with Crippen LogP contribution < -0.4 is 5.73 Å². The third-order valence-electron chi connectivity index (χ3n) is 2.42. The van der Waals surface area contributed by atoms with Gasteiger partial charge in [0.2, 0.25) is 0 Å². The first-order valence-corrected chi connectivity index (χ1v) is 5.87. The van der Waals surface area contributed by atoms with Crippen LogP contribution in [0.15, 0.2) is 22.7 Å². The van der Waals surface area contributed by atoms with Gasteiger partial charge in [-0.3, -0.25) is 0 Å². The molecule has 0 aliphatic heterocycles. The van der Waals surface area contributed by atoms with Gasteiger partial charge in [0.15, 0.2) is 5.82 Å². The lowest BCUT2D eigenvalue weighted by Crippen LogP contribution is -2.10. The van der Waals surface area contributed by atoms with E-state index in [2.05, 4.69) is 10.1 Å². The van der Waals surface area contributed by atoms with E-state index in [1.54, 1.807) is 18.2 Å². The second-order valence-electron chi connectivity index (χ2n) is 3.70. The topological polar surface area (TPSA) is 64.9 Å². The smallest absolute Gasteiger partial charge is 0.259 e. The normalized spacial score (nSPS) is 12.7. The molecule has 0 aliphatic carbocycles. The van der Waals surface area contributed by atoms with E-state index in [-0.39, 0.29) is 5.92 Å². The van der Waals surface area contributed by atoms with E-state index in [0.717, 1.165) is 0 Å². The van der Waals surface area contributed by atoms with Crippen LogP contribution in [0, 0.1) is 0 Å². The number of nitrogens with two attached hydrogens (primary N) is 1. The first-order chi connectivity index (χ1) is 8.13. The van der Waals surface area contributed by atoms with Crippen LogP contribution in [0.1, 0.15) is 18.7 Å². The van der Waals surface area contributed by atoms with Crippen LogP contribution in [-0.4, -0.2) is 16.7 Å². The molecule has 4 nitrogen and oxygen atoms in total. The first kappa shape index (κ1) is 12.4. The molecule has 2 aromatic rings. The van der Waals surface area contributed by atoms with Gasteiger partial charge in [-0.2, -0.15) is 4.98 Å². The second-order valence-corrected chi connectivity index (χ2v) is 4.48. The molecular formula is C11H11Cl2N3O. The van der Waals surface area contributed by atoms with Crippen molar-refractivity contribution in [2.24, 2.45) is 5.73 Å². The number of aromatic nitrogens is 2. The molecule has 6 heteroatoms. The molecule has 1 aromatic carbocycles. The van der Waals surface area contributed by atoms with Gasteiger partial charge >= 0.3 is 0 Å². The number of nitrogens with zero attached hydrogens (tertiary/aromatic N) is 2. The average Bonchev–Trinajstić information content (AvgIpc) is 2.81. The van der Waals surface area contributed by atoms with Gasteiger partial charge in [0.05, 0.1) is 15.6 Å². The average molecular weight is 272 g/mol. The Morgan fingerprint density at radius 1 is 1.41 bits per heavy atom. The summed E-state index contributed by atoms with van der Waals surface area (Å²) in [5.74, 6) is 0.969. The van der Waals surface area contributed by atoms with Crippen LogP contribution in [0.3, 0.4) is 0 Å². The zero-order chi connectivity index (χ0) is 12.4. The van der Waals surface area contributed by atoms with Crippen molar-refractivity contribution in [3.05, 3.63) is 34.1 Å². The Bertz CT molecular complexity index is 527. The summed E-state index contributed by atoms with van der Waals surface area (Å²) in [7, 11) is 0. The van der Waals surface area contributed by atoms with Crippen molar-refractivity contribution >= 4 is 23.2 Å². The molecule has 0 spiro atoms. The Morgan fingerprint density at radius 2 is 2.18 bits per heavy atom. The highest BCUT2D eigenvalue weighted by atomic mass is 35.5. The minimum atomic E-state index is 0.0467. The SMILES string of the molecule is CC(CN)c1noc(-c2cccc(Cl)c2Cl)n1. The Hall–Kier alpha value is -1.10. The van der Waals surface area contributed by atoms with Gasteiger partial charge in [-0.1, -0.05) is 41.3 Å². The Labute approximate surface area is 109 Å². The molecule has 0 aliphatic rings. The van der Waals surface area contributed by atoms with Crippen LogP contribution in [0.25, 0.3) is 11.5 Å². The van der Waals surface area contributed by atoms with Crippen LogP contribution in [0.5, 0.6) is 0 Å². The van der Waals surface area contributed by atoms with Gasteiger partial charge in [0.25, 0.3) is 5.89 Å². The maximum atomic E-state index is 6.07. The molecule has 17 heavy (non-hydrogen) atoms. The van der Waals surface area contributed by atoms with Gasteiger partial charge in [-0.15, -0.1) is 0 Å². The summed E-state index contributed by atoms with van der Waals surface area (Å²) in [5.41, 5.74) is 6.16. The summed E-state index contributed by atoms with van der Waals surface area (Å²) in [4.78, 5) is 4.25. The zero-order valence-electron chi connectivity index (χ0n) is 9.15. The molecule has 1 atom stereocenters. The molecule has 1 unspecified atom stereocenters. The van der Waals surface area contributed by atoms with E-state index in [9.17, 15) is 0 Å². The predicted octanol–water partition coefficient (Wildman–Crippen LogP) is 3.11. The van der Waals surface area contributed by atoms with Crippen LogP contribution in [0.2, 0.25) is 10.0 Å². The summed E-state index contributed by atoms with van der Waals surface area (Å²) in [6.07, 6.45) is 0. The van der Waals surface area contributed by atoms with Gasteiger partial charge in [-0.05, 0) is 12.1 Å². The van der Waals surface area contributed by atoms with E-state index >= 15 is 0 Å². The van der Waals surface area contributed by atoms with E-state index in [4.69, 9.17) is 33.5 Å². The molecule has 2 rings (SSSR count). The summed E-state index contributed by atoms with van der Waals surface area (Å²) in [6.45, 7) is 2.39. The molecule has 1 aromatic heterocycles. The minimum Gasteiger partial charge on any atom is -0.334 e. The van der Waals surface area contributed by atoms with Crippen molar-refractivity contribution in [3.63, 3.8) is 0 Å². The number of benzene rings is 1. The summed E-state index contributed by atoms with van der Waals surface area (Å²) in [6, 6.07) is 5.26. The fourth-order valence-corrected chi connectivity index (χ4v) is 1.70. The van der Waals surface area contributed by atoms with Crippen molar-refractivity contribution < 1.29 is 4.52 Å². The fourth-order valence-electron chi connectivity index (χ4n) is 1.32. The van der Waals surface area contributed by atoms with E-state index in [1.807, 2.05) is 6.92 Å². The number of hydrogen-bond donors (Lipinski definition) is 1. The van der Waals surface area contributed by atoms with Crippen molar-refractivity contribution in [1.82, 2.24) is 10.1 Å². The number of halogens is 2. The van der Waals surface area contributed by atoms with Crippen LogP contribution in [0.4, 0.5) is 0 Å². The highest BCUT2D eigenvalue weighted by Crippen LogP contribution is 2.32. The lowest BCUT2D eigenvalue weighted by molar-refractivity contribution is 0.418. The van der Waals surface area contributed by atoms with E-state index in [1.165, 1.54) is 0 Å². The van der Waals surface area contributed by atoms with Gasteiger partial charge in [0, 0.05) is 12.5 Å². The molecule has 2 N–H and O–H groups in total. The van der Waals surface area contributed by atoms with Crippen molar-refractivity contribution in [3.8, 4) is 11.5 Å². The van der Waals surface area contributed by atoms with Crippen molar-refractivity contribution in [2.75, 3.05) is 6.54 Å². The maximum absolute atomic E-state index is 6.07. The molecule has 0 saturated carbocycles. The second kappa shape index (κ2) is 5.04. The molecule has 1 heterocycles. The monoisotopic (exact) mass is 271 g/mol. The lowest BCUT2D eigenvalue weighted by Gasteiger charge is -2.00. The molecule has 0 amide bonds. The zero-order valence-corrected chi connectivity index (χ0v) is 10.7. The van der Waals surface area contributed by atoms with Gasteiger partial charge in [0.1, 0.15) is 0 Å². The van der Waals surface area contributed by atoms with Gasteiger partial charge < -0.3 is 10.3 Å². The number of hydrogen-bond acceptors (Lipinski definition) is 4. The number of rotatable bonds is 3. The lowest BCUT2D eigenvalue weighted by atomic mass is 10.2. The summed E-state index contributed by atoms with van der Waals surface area (Å²) in [5, 5.41) is 4.73. The van der Waals surface area contributed by atoms with E-state index < -0.39 is 0 Å². The molecule has 0 fully saturated rings. The molecule has 90 valence electrons. The first-order valence-electron chi connectivity index (χ1n) is 5.11. The molecule has 0 bridgehead atoms. The highest BCUT2D eigenvalue weighted by Gasteiger charge is 2.16. The maximum Gasteiger partial charge on any atom is 0.259 e. The standard InChI is InChI=1S/C11H11Cl2N3O/c1-6(5-14)10-15-11(17-16-10)7-3-2-4-8(12)9(7)13/h2-4,6H,5,14H2,1H3. The fraction of sp³-hybridized carbons (Fsp3) is 0.273. The van der Waals surface area contributed by atoms with Crippen molar-refractivity contribution in [1.29, 1.82) is 0 Å². The predicted molar refractivity (Wildman–Crippen MR) is 67.2 cm³/mol. The molecule has 0 saturated heterocycles.